The number of nitrogens with zero attached hydrogens (tertiary/aromatic N) is 7. The predicted octanol–water partition coefficient (Wildman–Crippen LogP) is 1.77. The van der Waals surface area contributed by atoms with Crippen LogP contribution in [0.25, 0.3) is 0 Å². The molecule has 2 aliphatic heterocycles. The van der Waals surface area contributed by atoms with E-state index in [2.05, 4.69) is 43.0 Å². The number of carbonyl (C=O) groups is 1. The Morgan fingerprint density at radius 1 is 0.893 bits per heavy atom. The lowest BCUT2D eigenvalue weighted by Gasteiger charge is -2.35. The van der Waals surface area contributed by atoms with Gasteiger partial charge < -0.3 is 14.7 Å². The van der Waals surface area contributed by atoms with Crippen molar-refractivity contribution in [2.24, 2.45) is 5.92 Å². The summed E-state index contributed by atoms with van der Waals surface area (Å²) in [5.41, 5.74) is 1.21. The largest absolute Gasteiger partial charge is 0.355 e. The number of anilines is 2. The minimum Gasteiger partial charge on any atom is -0.355 e. The summed E-state index contributed by atoms with van der Waals surface area (Å²) < 4.78 is 0. The molecule has 0 radical (unpaired) electrons. The minimum atomic E-state index is -0.0621. The highest BCUT2D eigenvalue weighted by Gasteiger charge is 2.24. The molecule has 1 amide bonds. The van der Waals surface area contributed by atoms with Crippen molar-refractivity contribution in [3.05, 3.63) is 35.9 Å². The number of aromatic nitrogens is 4. The lowest BCUT2D eigenvalue weighted by Crippen LogP contribution is -2.49. The molecule has 2 aromatic rings. The summed E-state index contributed by atoms with van der Waals surface area (Å²) in [7, 11) is 0. The van der Waals surface area contributed by atoms with Crippen molar-refractivity contribution >= 4 is 17.5 Å². The molecule has 4 rings (SSSR count). The van der Waals surface area contributed by atoms with E-state index in [4.69, 9.17) is 0 Å². The Bertz CT molecular complexity index is 792. The first-order valence-corrected chi connectivity index (χ1v) is 10.0. The van der Waals surface area contributed by atoms with Crippen LogP contribution < -0.4 is 9.80 Å². The van der Waals surface area contributed by atoms with E-state index in [9.17, 15) is 4.79 Å². The number of hydrogen-bond donors (Lipinski definition) is 0. The lowest BCUT2D eigenvalue weighted by molar-refractivity contribution is 0.0740. The third kappa shape index (κ3) is 4.05. The van der Waals surface area contributed by atoms with Gasteiger partial charge >= 0.3 is 0 Å². The van der Waals surface area contributed by atoms with Crippen LogP contribution in [-0.2, 0) is 0 Å². The highest BCUT2D eigenvalue weighted by atomic mass is 16.2. The van der Waals surface area contributed by atoms with Crippen LogP contribution in [0.1, 0.15) is 35.9 Å². The maximum Gasteiger partial charge on any atom is 0.274 e. The summed E-state index contributed by atoms with van der Waals surface area (Å²) >= 11 is 0. The fourth-order valence-electron chi connectivity index (χ4n) is 3.70. The monoisotopic (exact) mass is 381 g/mol. The zero-order valence-electron chi connectivity index (χ0n) is 16.6. The maximum atomic E-state index is 12.6. The zero-order chi connectivity index (χ0) is 19.5. The first-order chi connectivity index (χ1) is 13.6. The van der Waals surface area contributed by atoms with Crippen LogP contribution >= 0.6 is 0 Å². The van der Waals surface area contributed by atoms with Crippen LogP contribution in [0.3, 0.4) is 0 Å². The maximum absolute atomic E-state index is 12.6. The molecule has 0 N–H and O–H groups in total. The summed E-state index contributed by atoms with van der Waals surface area (Å²) in [6.07, 6.45) is 5.61. The highest BCUT2D eigenvalue weighted by molar-refractivity contribution is 5.92. The molecule has 2 aliphatic rings. The zero-order valence-corrected chi connectivity index (χ0v) is 16.6. The summed E-state index contributed by atoms with van der Waals surface area (Å²) in [6.45, 7) is 9.03. The molecule has 0 atom stereocenters. The van der Waals surface area contributed by atoms with Crippen molar-refractivity contribution in [1.82, 2.24) is 25.1 Å². The van der Waals surface area contributed by atoms with Crippen molar-refractivity contribution in [3.63, 3.8) is 0 Å². The molecule has 0 spiro atoms. The van der Waals surface area contributed by atoms with Gasteiger partial charge in [-0.05, 0) is 37.8 Å². The summed E-state index contributed by atoms with van der Waals surface area (Å²) in [6, 6.07) is 4.11. The number of piperidine rings is 1. The van der Waals surface area contributed by atoms with E-state index in [1.165, 1.54) is 12.8 Å². The average molecular weight is 381 g/mol. The first kappa shape index (κ1) is 18.6. The molecule has 0 aliphatic carbocycles. The van der Waals surface area contributed by atoms with Crippen molar-refractivity contribution in [3.8, 4) is 0 Å². The number of rotatable bonds is 3. The summed E-state index contributed by atoms with van der Waals surface area (Å²) in [5, 5.41) is 8.89. The van der Waals surface area contributed by atoms with E-state index in [0.29, 0.717) is 18.8 Å². The van der Waals surface area contributed by atoms with Gasteiger partial charge in [-0.25, -0.2) is 4.98 Å². The van der Waals surface area contributed by atoms with Gasteiger partial charge in [0.05, 0.1) is 11.9 Å². The van der Waals surface area contributed by atoms with Crippen LogP contribution in [0.4, 0.5) is 11.6 Å². The third-order valence-corrected chi connectivity index (χ3v) is 5.63. The van der Waals surface area contributed by atoms with Crippen LogP contribution in [0.5, 0.6) is 0 Å². The van der Waals surface area contributed by atoms with E-state index < -0.39 is 0 Å². The number of carbonyl (C=O) groups excluding carboxylic acids is 1. The van der Waals surface area contributed by atoms with Crippen molar-refractivity contribution in [1.29, 1.82) is 0 Å². The van der Waals surface area contributed by atoms with Gasteiger partial charge in [0.25, 0.3) is 5.91 Å². The van der Waals surface area contributed by atoms with E-state index in [0.717, 1.165) is 49.4 Å². The van der Waals surface area contributed by atoms with Crippen LogP contribution in [0.15, 0.2) is 24.5 Å². The van der Waals surface area contributed by atoms with E-state index in [-0.39, 0.29) is 5.91 Å². The fraction of sp³-hybridized carbons (Fsp3) is 0.550. The molecule has 0 unspecified atom stereocenters. The summed E-state index contributed by atoms with van der Waals surface area (Å²) in [4.78, 5) is 27.3. The van der Waals surface area contributed by atoms with Gasteiger partial charge in [-0.15, -0.1) is 10.2 Å². The van der Waals surface area contributed by atoms with Gasteiger partial charge in [-0.1, -0.05) is 6.92 Å². The first-order valence-electron chi connectivity index (χ1n) is 10.0. The molecule has 148 valence electrons. The van der Waals surface area contributed by atoms with Crippen LogP contribution in [0, 0.1) is 12.8 Å². The van der Waals surface area contributed by atoms with Crippen LogP contribution in [0.2, 0.25) is 0 Å². The molecule has 0 saturated carbocycles. The van der Waals surface area contributed by atoms with Gasteiger partial charge in [0.2, 0.25) is 0 Å². The van der Waals surface area contributed by atoms with E-state index >= 15 is 0 Å². The Labute approximate surface area is 165 Å². The van der Waals surface area contributed by atoms with Gasteiger partial charge in [0.1, 0.15) is 5.69 Å². The Balaban J connectivity index is 1.33. The third-order valence-electron chi connectivity index (χ3n) is 5.63. The van der Waals surface area contributed by atoms with Crippen molar-refractivity contribution in [2.75, 3.05) is 49.1 Å². The number of piperazine rings is 1. The molecule has 2 fully saturated rings. The molecule has 0 bridgehead atoms. The summed E-state index contributed by atoms with van der Waals surface area (Å²) in [5.74, 6) is 2.57. The second-order valence-electron chi connectivity index (χ2n) is 7.74. The van der Waals surface area contributed by atoms with E-state index in [1.807, 2.05) is 17.9 Å². The topological polar surface area (TPSA) is 78.4 Å². The smallest absolute Gasteiger partial charge is 0.274 e. The standard InChI is InChI=1S/C20H27N7O/c1-15-5-7-25(8-6-15)18-3-4-19(24-23-18)26-9-11-27(12-10-26)20(28)17-14-21-16(2)13-22-17/h3-4,13-15H,5-12H2,1-2H3. The molecule has 0 aromatic carbocycles. The second-order valence-corrected chi connectivity index (χ2v) is 7.74. The quantitative estimate of drug-likeness (QED) is 0.802. The van der Waals surface area contributed by atoms with Gasteiger partial charge in [0, 0.05) is 45.5 Å². The average Bonchev–Trinajstić information content (AvgIpc) is 2.75. The van der Waals surface area contributed by atoms with Crippen LogP contribution in [-0.4, -0.2) is 70.2 Å². The molecule has 2 aromatic heterocycles. The molecule has 4 heterocycles. The second kappa shape index (κ2) is 8.08. The SMILES string of the molecule is Cc1cnc(C(=O)N2CCN(c3ccc(N4CCC(C)CC4)nn3)CC2)cn1. The lowest BCUT2D eigenvalue weighted by atomic mass is 9.99. The van der Waals surface area contributed by atoms with Gasteiger partial charge in [0.15, 0.2) is 11.6 Å². The Hall–Kier alpha value is -2.77. The van der Waals surface area contributed by atoms with Crippen molar-refractivity contribution < 1.29 is 4.79 Å². The molecule has 2 saturated heterocycles. The molecular formula is C20H27N7O. The molecular weight excluding hydrogens is 354 g/mol. The fourth-order valence-corrected chi connectivity index (χ4v) is 3.70. The number of aryl methyl sites for hydroxylation is 1. The highest BCUT2D eigenvalue weighted by Crippen LogP contribution is 2.22. The van der Waals surface area contributed by atoms with Gasteiger partial charge in [-0.3, -0.25) is 9.78 Å². The van der Waals surface area contributed by atoms with Gasteiger partial charge in [-0.2, -0.15) is 0 Å². The Kier molecular flexibility index (Phi) is 5.36. The van der Waals surface area contributed by atoms with Crippen molar-refractivity contribution in [2.45, 2.75) is 26.7 Å². The number of hydrogen-bond acceptors (Lipinski definition) is 7. The predicted molar refractivity (Wildman–Crippen MR) is 108 cm³/mol. The Morgan fingerprint density at radius 3 is 2.04 bits per heavy atom. The van der Waals surface area contributed by atoms with E-state index in [1.54, 1.807) is 12.4 Å². The molecule has 28 heavy (non-hydrogen) atoms. The molecule has 8 heteroatoms. The number of amides is 1. The Morgan fingerprint density at radius 2 is 1.50 bits per heavy atom. The molecule has 8 nitrogen and oxygen atoms in total. The minimum absolute atomic E-state index is 0.0621. The normalized spacial score (nSPS) is 18.4.